The van der Waals surface area contributed by atoms with Crippen molar-refractivity contribution < 1.29 is 9.47 Å². The molecule has 0 spiro atoms. The first-order chi connectivity index (χ1) is 9.65. The molecule has 0 aromatic carbocycles. The minimum atomic E-state index is 0.251. The highest BCUT2D eigenvalue weighted by atomic mass is 16.5. The van der Waals surface area contributed by atoms with Gasteiger partial charge in [-0.05, 0) is 24.9 Å². The second kappa shape index (κ2) is 7.60. The highest BCUT2D eigenvalue weighted by Gasteiger charge is 2.16. The van der Waals surface area contributed by atoms with E-state index in [0.717, 1.165) is 50.7 Å². The van der Waals surface area contributed by atoms with Crippen LogP contribution < -0.4 is 10.1 Å². The summed E-state index contributed by atoms with van der Waals surface area (Å²) in [6, 6.07) is 4.10. The predicted octanol–water partition coefficient (Wildman–Crippen LogP) is 2.69. The molecular formula is C16H26N2O2. The number of hydrogen-bond donors (Lipinski definition) is 1. The molecule has 1 fully saturated rings. The molecule has 1 saturated heterocycles. The van der Waals surface area contributed by atoms with Gasteiger partial charge in [0, 0.05) is 31.1 Å². The Kier molecular flexibility index (Phi) is 5.80. The van der Waals surface area contributed by atoms with Crippen molar-refractivity contribution >= 4 is 0 Å². The quantitative estimate of drug-likeness (QED) is 0.869. The molecule has 0 bridgehead atoms. The Morgan fingerprint density at radius 3 is 2.75 bits per heavy atom. The lowest BCUT2D eigenvalue weighted by atomic mass is 10.1. The molecule has 0 radical (unpaired) electrons. The average Bonchev–Trinajstić information content (AvgIpc) is 2.42. The van der Waals surface area contributed by atoms with Crippen molar-refractivity contribution in [2.45, 2.75) is 46.3 Å². The summed E-state index contributed by atoms with van der Waals surface area (Å²) in [6.45, 7) is 9.95. The Bertz CT molecular complexity index is 415. The van der Waals surface area contributed by atoms with Gasteiger partial charge in [-0.25, -0.2) is 4.98 Å². The molecule has 112 valence electrons. The van der Waals surface area contributed by atoms with Crippen molar-refractivity contribution in [3.63, 3.8) is 0 Å². The van der Waals surface area contributed by atoms with Crippen LogP contribution in [0.25, 0.3) is 0 Å². The third-order valence-electron chi connectivity index (χ3n) is 3.49. The van der Waals surface area contributed by atoms with E-state index in [1.807, 2.05) is 13.0 Å². The van der Waals surface area contributed by atoms with Crippen molar-refractivity contribution in [2.75, 3.05) is 19.8 Å². The van der Waals surface area contributed by atoms with E-state index in [2.05, 4.69) is 30.2 Å². The van der Waals surface area contributed by atoms with E-state index in [4.69, 9.17) is 9.47 Å². The first-order valence-electron chi connectivity index (χ1n) is 7.57. The van der Waals surface area contributed by atoms with E-state index in [0.29, 0.717) is 5.92 Å². The molecule has 0 aliphatic carbocycles. The summed E-state index contributed by atoms with van der Waals surface area (Å²) in [5.41, 5.74) is 2.29. The molecule has 20 heavy (non-hydrogen) atoms. The molecular weight excluding hydrogens is 252 g/mol. The summed E-state index contributed by atoms with van der Waals surface area (Å²) in [5, 5.41) is 3.45. The molecule has 0 unspecified atom stereocenters. The minimum Gasteiger partial charge on any atom is -0.474 e. The van der Waals surface area contributed by atoms with Crippen molar-refractivity contribution in [1.29, 1.82) is 0 Å². The van der Waals surface area contributed by atoms with Crippen LogP contribution in [0.4, 0.5) is 0 Å². The largest absolute Gasteiger partial charge is 0.474 e. The van der Waals surface area contributed by atoms with Crippen LogP contribution in [0, 0.1) is 12.8 Å². The molecule has 4 heteroatoms. The highest BCUT2D eigenvalue weighted by Crippen LogP contribution is 2.18. The van der Waals surface area contributed by atoms with E-state index >= 15 is 0 Å². The normalized spacial score (nSPS) is 16.6. The molecule has 2 heterocycles. The van der Waals surface area contributed by atoms with E-state index in [1.54, 1.807) is 0 Å². The van der Waals surface area contributed by atoms with Gasteiger partial charge in [-0.1, -0.05) is 19.9 Å². The summed E-state index contributed by atoms with van der Waals surface area (Å²) in [6.07, 6.45) is 2.16. The Labute approximate surface area is 121 Å². The number of ether oxygens (including phenoxy) is 2. The minimum absolute atomic E-state index is 0.251. The lowest BCUT2D eigenvalue weighted by Crippen LogP contribution is -2.26. The average molecular weight is 278 g/mol. The molecule has 1 aliphatic heterocycles. The second-order valence-electron chi connectivity index (χ2n) is 5.85. The molecule has 0 atom stereocenters. The van der Waals surface area contributed by atoms with Gasteiger partial charge in [0.15, 0.2) is 0 Å². The van der Waals surface area contributed by atoms with Crippen LogP contribution in [0.3, 0.4) is 0 Å². The summed E-state index contributed by atoms with van der Waals surface area (Å²) >= 11 is 0. The zero-order valence-electron chi connectivity index (χ0n) is 12.8. The fourth-order valence-electron chi connectivity index (χ4n) is 2.28. The number of nitrogens with one attached hydrogen (secondary N) is 1. The fourth-order valence-corrected chi connectivity index (χ4v) is 2.28. The molecule has 1 N–H and O–H groups in total. The maximum absolute atomic E-state index is 5.92. The lowest BCUT2D eigenvalue weighted by Gasteiger charge is -2.23. The lowest BCUT2D eigenvalue weighted by molar-refractivity contribution is 0.0237. The molecule has 1 aromatic rings. The summed E-state index contributed by atoms with van der Waals surface area (Å²) in [7, 11) is 0. The molecule has 1 aliphatic rings. The van der Waals surface area contributed by atoms with Crippen molar-refractivity contribution in [3.05, 3.63) is 23.4 Å². The number of aromatic nitrogens is 1. The standard InChI is InChI=1S/C16H26N2O2/c1-12(2)10-17-11-14-4-5-16(18-13(14)3)20-15-6-8-19-9-7-15/h4-5,12,15,17H,6-11H2,1-3H3. The van der Waals surface area contributed by atoms with Gasteiger partial charge in [0.2, 0.25) is 5.88 Å². The predicted molar refractivity (Wildman–Crippen MR) is 80.0 cm³/mol. The topological polar surface area (TPSA) is 43.4 Å². The van der Waals surface area contributed by atoms with E-state index in [1.165, 1.54) is 5.56 Å². The van der Waals surface area contributed by atoms with Crippen LogP contribution in [0.15, 0.2) is 12.1 Å². The third kappa shape index (κ3) is 4.76. The van der Waals surface area contributed by atoms with Crippen LogP contribution in [0.2, 0.25) is 0 Å². The third-order valence-corrected chi connectivity index (χ3v) is 3.49. The van der Waals surface area contributed by atoms with Crippen LogP contribution >= 0.6 is 0 Å². The Hall–Kier alpha value is -1.13. The number of pyridine rings is 1. The van der Waals surface area contributed by atoms with Gasteiger partial charge < -0.3 is 14.8 Å². The number of hydrogen-bond acceptors (Lipinski definition) is 4. The van der Waals surface area contributed by atoms with Crippen LogP contribution in [-0.4, -0.2) is 30.8 Å². The maximum Gasteiger partial charge on any atom is 0.213 e. The maximum atomic E-state index is 5.92. The monoisotopic (exact) mass is 278 g/mol. The molecule has 0 saturated carbocycles. The van der Waals surface area contributed by atoms with Gasteiger partial charge in [-0.2, -0.15) is 0 Å². The highest BCUT2D eigenvalue weighted by molar-refractivity contribution is 5.25. The molecule has 0 amide bonds. The molecule has 1 aromatic heterocycles. The number of rotatable bonds is 6. The smallest absolute Gasteiger partial charge is 0.213 e. The first kappa shape index (κ1) is 15.3. The van der Waals surface area contributed by atoms with Gasteiger partial charge >= 0.3 is 0 Å². The SMILES string of the molecule is Cc1nc(OC2CCOCC2)ccc1CNCC(C)C. The summed E-state index contributed by atoms with van der Waals surface area (Å²) < 4.78 is 11.3. The van der Waals surface area contributed by atoms with E-state index in [-0.39, 0.29) is 6.10 Å². The van der Waals surface area contributed by atoms with Crippen molar-refractivity contribution in [1.82, 2.24) is 10.3 Å². The van der Waals surface area contributed by atoms with Gasteiger partial charge in [0.1, 0.15) is 6.10 Å². The Balaban J connectivity index is 1.87. The zero-order valence-corrected chi connectivity index (χ0v) is 12.8. The van der Waals surface area contributed by atoms with Gasteiger partial charge in [0.25, 0.3) is 0 Å². The van der Waals surface area contributed by atoms with E-state index < -0.39 is 0 Å². The van der Waals surface area contributed by atoms with Crippen LogP contribution in [0.5, 0.6) is 5.88 Å². The van der Waals surface area contributed by atoms with Gasteiger partial charge in [0.05, 0.1) is 13.2 Å². The summed E-state index contributed by atoms with van der Waals surface area (Å²) in [4.78, 5) is 4.56. The van der Waals surface area contributed by atoms with Crippen molar-refractivity contribution in [3.8, 4) is 5.88 Å². The second-order valence-corrected chi connectivity index (χ2v) is 5.85. The summed E-state index contributed by atoms with van der Waals surface area (Å²) in [5.74, 6) is 1.40. The molecule has 2 rings (SSSR count). The zero-order chi connectivity index (χ0) is 14.4. The Morgan fingerprint density at radius 2 is 2.10 bits per heavy atom. The molecule has 4 nitrogen and oxygen atoms in total. The van der Waals surface area contributed by atoms with Gasteiger partial charge in [-0.15, -0.1) is 0 Å². The van der Waals surface area contributed by atoms with Crippen LogP contribution in [0.1, 0.15) is 37.9 Å². The van der Waals surface area contributed by atoms with E-state index in [9.17, 15) is 0 Å². The number of nitrogens with zero attached hydrogens (tertiary/aromatic N) is 1. The fraction of sp³-hybridized carbons (Fsp3) is 0.688. The first-order valence-corrected chi connectivity index (χ1v) is 7.57. The van der Waals surface area contributed by atoms with Crippen LogP contribution in [-0.2, 0) is 11.3 Å². The number of aryl methyl sites for hydroxylation is 1. The Morgan fingerprint density at radius 1 is 1.35 bits per heavy atom. The van der Waals surface area contributed by atoms with Crippen molar-refractivity contribution in [2.24, 2.45) is 5.92 Å². The van der Waals surface area contributed by atoms with Gasteiger partial charge in [-0.3, -0.25) is 0 Å².